The molecule has 0 bridgehead atoms. The molecule has 2 unspecified atom stereocenters. The van der Waals surface area contributed by atoms with Crippen LogP contribution < -0.4 is 10.6 Å². The maximum absolute atomic E-state index is 5.58. The fraction of sp³-hybridized carbons (Fsp3) is 1.00. The van der Waals surface area contributed by atoms with Gasteiger partial charge in [-0.15, -0.1) is 0 Å². The van der Waals surface area contributed by atoms with E-state index in [0.29, 0.717) is 0 Å². The highest BCUT2D eigenvalue weighted by Crippen LogP contribution is 2.47. The molecule has 2 N–H and O–H groups in total. The molecule has 0 radical (unpaired) electrons. The Kier molecular flexibility index (Phi) is 7.14. The second-order valence-corrected chi connectivity index (χ2v) is 9.47. The first-order valence-corrected chi connectivity index (χ1v) is 10.2. The zero-order chi connectivity index (χ0) is 11.1. The van der Waals surface area contributed by atoms with Gasteiger partial charge in [-0.05, 0) is 41.2 Å². The van der Waals surface area contributed by atoms with E-state index in [4.69, 9.17) is 9.47 Å². The maximum Gasteiger partial charge on any atom is 0.126 e. The van der Waals surface area contributed by atoms with Crippen molar-refractivity contribution in [2.24, 2.45) is 0 Å². The number of rotatable bonds is 5. The van der Waals surface area contributed by atoms with Gasteiger partial charge in [-0.1, -0.05) is 0 Å². The van der Waals surface area contributed by atoms with Crippen molar-refractivity contribution < 1.29 is 9.47 Å². The van der Waals surface area contributed by atoms with Crippen LogP contribution in [0.5, 0.6) is 0 Å². The van der Waals surface area contributed by atoms with Crippen LogP contribution in [0.3, 0.4) is 0 Å². The van der Waals surface area contributed by atoms with Crippen LogP contribution in [0.1, 0.15) is 0 Å². The standard InChI is InChI=1S/C8H16N2O2S4/c1-3-11-7(5-9-1)13-15-16-14-8-6-10-2-4-12-8/h7-10H,1-6H2. The summed E-state index contributed by atoms with van der Waals surface area (Å²) in [6.45, 7) is 5.50. The van der Waals surface area contributed by atoms with E-state index in [9.17, 15) is 0 Å². The fourth-order valence-electron chi connectivity index (χ4n) is 1.33. The lowest BCUT2D eigenvalue weighted by Gasteiger charge is -2.23. The Morgan fingerprint density at radius 1 is 0.812 bits per heavy atom. The van der Waals surface area contributed by atoms with Gasteiger partial charge in [-0.3, -0.25) is 0 Å². The van der Waals surface area contributed by atoms with Gasteiger partial charge in [0.05, 0.1) is 13.2 Å². The van der Waals surface area contributed by atoms with Crippen LogP contribution in [0, 0.1) is 0 Å². The lowest BCUT2D eigenvalue weighted by atomic mass is 10.5. The SMILES string of the molecule is C1COC(SSSSC2CNCCO2)CN1. The normalized spacial score (nSPS) is 31.5. The molecule has 2 rings (SSSR count). The van der Waals surface area contributed by atoms with Crippen molar-refractivity contribution in [1.82, 2.24) is 10.6 Å². The van der Waals surface area contributed by atoms with Crippen LogP contribution in [0.4, 0.5) is 0 Å². The Morgan fingerprint density at radius 2 is 1.31 bits per heavy atom. The van der Waals surface area contributed by atoms with Crippen molar-refractivity contribution in [3.05, 3.63) is 0 Å². The predicted molar refractivity (Wildman–Crippen MR) is 75.6 cm³/mol. The minimum atomic E-state index is 0.289. The van der Waals surface area contributed by atoms with E-state index in [1.165, 1.54) is 0 Å². The van der Waals surface area contributed by atoms with E-state index in [1.807, 2.05) is 0 Å². The van der Waals surface area contributed by atoms with E-state index < -0.39 is 0 Å². The van der Waals surface area contributed by atoms with Crippen LogP contribution in [-0.4, -0.2) is 50.3 Å². The molecule has 8 heteroatoms. The van der Waals surface area contributed by atoms with Crippen molar-refractivity contribution in [3.63, 3.8) is 0 Å². The van der Waals surface area contributed by atoms with Crippen molar-refractivity contribution in [2.75, 3.05) is 39.4 Å². The second kappa shape index (κ2) is 8.36. The molecule has 2 saturated heterocycles. The number of hydrogen-bond acceptors (Lipinski definition) is 8. The largest absolute Gasteiger partial charge is 0.364 e. The molecule has 16 heavy (non-hydrogen) atoms. The van der Waals surface area contributed by atoms with Gasteiger partial charge in [0.1, 0.15) is 10.9 Å². The molecule has 0 aromatic carbocycles. The van der Waals surface area contributed by atoms with E-state index >= 15 is 0 Å². The molecule has 0 amide bonds. The fourth-order valence-corrected chi connectivity index (χ4v) is 7.59. The summed E-state index contributed by atoms with van der Waals surface area (Å²) in [6.07, 6.45) is 0. The van der Waals surface area contributed by atoms with Gasteiger partial charge in [-0.25, -0.2) is 0 Å². The molecule has 2 heterocycles. The molecule has 0 aromatic rings. The monoisotopic (exact) mass is 300 g/mol. The van der Waals surface area contributed by atoms with Crippen molar-refractivity contribution in [3.8, 4) is 0 Å². The summed E-state index contributed by atoms with van der Waals surface area (Å²) in [5, 5.41) is 6.63. The first kappa shape index (κ1) is 13.7. The van der Waals surface area contributed by atoms with Gasteiger partial charge in [0.15, 0.2) is 0 Å². The highest BCUT2D eigenvalue weighted by atomic mass is 33.7. The molecule has 0 aliphatic carbocycles. The lowest BCUT2D eigenvalue weighted by molar-refractivity contribution is 0.0861. The molecule has 94 valence electrons. The summed E-state index contributed by atoms with van der Waals surface area (Å²) in [4.78, 5) is 0. The highest BCUT2D eigenvalue weighted by molar-refractivity contribution is 9.26. The van der Waals surface area contributed by atoms with E-state index in [1.54, 1.807) is 41.2 Å². The first-order valence-electron chi connectivity index (χ1n) is 5.25. The smallest absolute Gasteiger partial charge is 0.126 e. The van der Waals surface area contributed by atoms with E-state index in [2.05, 4.69) is 10.6 Å². The zero-order valence-corrected chi connectivity index (χ0v) is 12.1. The Labute approximate surface area is 111 Å². The van der Waals surface area contributed by atoms with Crippen LogP contribution in [0.2, 0.25) is 0 Å². The summed E-state index contributed by atoms with van der Waals surface area (Å²) in [5.74, 6) is 0. The topological polar surface area (TPSA) is 42.5 Å². The van der Waals surface area contributed by atoms with Gasteiger partial charge >= 0.3 is 0 Å². The molecular weight excluding hydrogens is 284 g/mol. The predicted octanol–water partition coefficient (Wildman–Crippen LogP) is 1.56. The molecular formula is C8H16N2O2S4. The summed E-state index contributed by atoms with van der Waals surface area (Å²) >= 11 is 0. The number of hydrogen-bond donors (Lipinski definition) is 2. The molecule has 2 atom stereocenters. The van der Waals surface area contributed by atoms with Gasteiger partial charge in [0.2, 0.25) is 0 Å². The molecule has 2 aliphatic heterocycles. The summed E-state index contributed by atoms with van der Waals surface area (Å²) in [5.41, 5.74) is 0.578. The third kappa shape index (κ3) is 5.26. The van der Waals surface area contributed by atoms with Gasteiger partial charge in [0.25, 0.3) is 0 Å². The first-order chi connectivity index (χ1) is 7.95. The third-order valence-electron chi connectivity index (χ3n) is 2.11. The quantitative estimate of drug-likeness (QED) is 0.586. The van der Waals surface area contributed by atoms with Crippen LogP contribution in [0.15, 0.2) is 0 Å². The Hall–Kier alpha value is 1.24. The summed E-state index contributed by atoms with van der Waals surface area (Å²) in [7, 11) is 7.12. The average molecular weight is 300 g/mol. The van der Waals surface area contributed by atoms with Crippen molar-refractivity contribution in [1.29, 1.82) is 0 Å². The van der Waals surface area contributed by atoms with Crippen LogP contribution in [0.25, 0.3) is 0 Å². The molecule has 0 saturated carbocycles. The minimum absolute atomic E-state index is 0.289. The molecule has 0 aromatic heterocycles. The molecule has 0 spiro atoms. The van der Waals surface area contributed by atoms with E-state index in [0.717, 1.165) is 39.4 Å². The second-order valence-electron chi connectivity index (χ2n) is 3.34. The number of nitrogens with one attached hydrogen (secondary N) is 2. The average Bonchev–Trinajstić information content (AvgIpc) is 2.37. The van der Waals surface area contributed by atoms with Crippen LogP contribution in [-0.2, 0) is 9.47 Å². The Bertz CT molecular complexity index is 169. The van der Waals surface area contributed by atoms with Crippen molar-refractivity contribution in [2.45, 2.75) is 10.9 Å². The molecule has 2 aliphatic rings. The minimum Gasteiger partial charge on any atom is -0.364 e. The summed E-state index contributed by atoms with van der Waals surface area (Å²) in [6, 6.07) is 0. The zero-order valence-electron chi connectivity index (χ0n) is 8.85. The van der Waals surface area contributed by atoms with Crippen molar-refractivity contribution >= 4 is 41.2 Å². The Morgan fingerprint density at radius 3 is 1.69 bits per heavy atom. The maximum atomic E-state index is 5.58. The molecule has 4 nitrogen and oxygen atoms in total. The van der Waals surface area contributed by atoms with E-state index in [-0.39, 0.29) is 10.9 Å². The third-order valence-corrected chi connectivity index (χ3v) is 8.70. The van der Waals surface area contributed by atoms with Gasteiger partial charge in [-0.2, -0.15) is 0 Å². The molecule has 2 fully saturated rings. The lowest BCUT2D eigenvalue weighted by Crippen LogP contribution is -2.36. The van der Waals surface area contributed by atoms with Crippen LogP contribution >= 0.6 is 41.2 Å². The summed E-state index contributed by atoms with van der Waals surface area (Å²) < 4.78 is 11.2. The highest BCUT2D eigenvalue weighted by Gasteiger charge is 2.17. The van der Waals surface area contributed by atoms with Gasteiger partial charge in [0, 0.05) is 26.2 Å². The Balaban J connectivity index is 1.47. The number of morpholine rings is 2. The van der Waals surface area contributed by atoms with Gasteiger partial charge < -0.3 is 20.1 Å². The number of ether oxygens (including phenoxy) is 2.